The Kier molecular flexibility index (Phi) is 5.94. The Hall–Kier alpha value is -2.39. The van der Waals surface area contributed by atoms with Crippen molar-refractivity contribution in [2.24, 2.45) is 34.5 Å². The summed E-state index contributed by atoms with van der Waals surface area (Å²) in [6, 6.07) is 9.14. The smallest absolute Gasteiger partial charge is 0.338 e. The first-order valence-corrected chi connectivity index (χ1v) is 14.3. The third-order valence-electron chi connectivity index (χ3n) is 11.0. The van der Waals surface area contributed by atoms with Crippen LogP contribution in [0.3, 0.4) is 0 Å². The van der Waals surface area contributed by atoms with E-state index in [1.54, 1.807) is 26.4 Å². The van der Waals surface area contributed by atoms with Gasteiger partial charge in [0.25, 0.3) is 0 Å². The number of hydrogen-bond donors (Lipinski definition) is 1. The number of allylic oxidation sites excluding steroid dienone is 1. The number of methoxy groups -OCH3 is 3. The maximum absolute atomic E-state index is 13.4. The summed E-state index contributed by atoms with van der Waals surface area (Å²) in [5.74, 6) is 0.163. The highest BCUT2D eigenvalue weighted by atomic mass is 16.6. The molecule has 0 radical (unpaired) electrons. The van der Waals surface area contributed by atoms with E-state index in [0.717, 1.165) is 37.9 Å². The third-order valence-corrected chi connectivity index (χ3v) is 11.0. The fraction of sp³-hybridized carbons (Fsp3) is 0.645. The van der Waals surface area contributed by atoms with E-state index in [1.807, 2.05) is 25.3 Å². The van der Waals surface area contributed by atoms with Gasteiger partial charge in [-0.3, -0.25) is 4.90 Å². The van der Waals surface area contributed by atoms with E-state index in [2.05, 4.69) is 17.9 Å². The first-order valence-electron chi connectivity index (χ1n) is 14.3. The molecule has 0 amide bonds. The van der Waals surface area contributed by atoms with Crippen LogP contribution in [0.2, 0.25) is 0 Å². The Morgan fingerprint density at radius 3 is 2.69 bits per heavy atom. The quantitative estimate of drug-likeness (QED) is 0.524. The molecule has 1 N–H and O–H groups in total. The van der Waals surface area contributed by atoms with E-state index in [9.17, 15) is 9.90 Å². The number of aliphatic hydroxyl groups is 1. The van der Waals surface area contributed by atoms with Crippen molar-refractivity contribution in [1.82, 2.24) is 4.90 Å². The zero-order chi connectivity index (χ0) is 27.1. The van der Waals surface area contributed by atoms with Gasteiger partial charge in [-0.2, -0.15) is 0 Å². The molecule has 4 fully saturated rings. The van der Waals surface area contributed by atoms with Crippen LogP contribution in [0.4, 0.5) is 0 Å². The predicted octanol–water partition coefficient (Wildman–Crippen LogP) is 3.94. The van der Waals surface area contributed by atoms with Crippen LogP contribution in [-0.4, -0.2) is 81.5 Å². The zero-order valence-electron chi connectivity index (χ0n) is 23.2. The molecule has 7 rings (SSSR count). The molecule has 4 aliphatic carbocycles. The molecule has 1 aromatic carbocycles. The van der Waals surface area contributed by atoms with Crippen LogP contribution >= 0.6 is 0 Å². The molecule has 7 bridgehead atoms. The summed E-state index contributed by atoms with van der Waals surface area (Å²) in [6.07, 6.45) is 3.99. The highest BCUT2D eigenvalue weighted by Crippen LogP contribution is 2.74. The summed E-state index contributed by atoms with van der Waals surface area (Å²) >= 11 is 0. The van der Waals surface area contributed by atoms with Crippen molar-refractivity contribution in [2.45, 2.75) is 50.7 Å². The lowest BCUT2D eigenvalue weighted by atomic mass is 9.46. The molecule has 3 unspecified atom stereocenters. The molecule has 2 aliphatic heterocycles. The fourth-order valence-corrected chi connectivity index (χ4v) is 10.0. The second-order valence-corrected chi connectivity index (χ2v) is 12.3. The molecule has 1 aromatic rings. The van der Waals surface area contributed by atoms with Gasteiger partial charge in [-0.1, -0.05) is 25.1 Å². The molecule has 0 aromatic heterocycles. The first kappa shape index (κ1) is 25.6. The van der Waals surface area contributed by atoms with Crippen LogP contribution < -0.4 is 0 Å². The van der Waals surface area contributed by atoms with E-state index < -0.39 is 6.10 Å². The molecule has 10 atom stereocenters. The average molecular weight is 538 g/mol. The van der Waals surface area contributed by atoms with E-state index in [1.165, 1.54) is 0 Å². The number of carbonyl (C=O) groups is 1. The average Bonchev–Trinajstić information content (AvgIpc) is 3.33. The zero-order valence-corrected chi connectivity index (χ0v) is 23.2. The molecule has 0 spiro atoms. The minimum Gasteiger partial charge on any atom is -0.504 e. The molecule has 39 heavy (non-hydrogen) atoms. The molecule has 2 heterocycles. The van der Waals surface area contributed by atoms with Crippen LogP contribution in [-0.2, 0) is 23.7 Å². The Morgan fingerprint density at radius 2 is 2.00 bits per heavy atom. The predicted molar refractivity (Wildman–Crippen MR) is 142 cm³/mol. The number of piperidine rings is 1. The Morgan fingerprint density at radius 1 is 1.21 bits per heavy atom. The van der Waals surface area contributed by atoms with Crippen molar-refractivity contribution in [3.63, 3.8) is 0 Å². The van der Waals surface area contributed by atoms with E-state index in [0.29, 0.717) is 17.9 Å². The summed E-state index contributed by atoms with van der Waals surface area (Å²) in [6.45, 7) is 4.64. The summed E-state index contributed by atoms with van der Waals surface area (Å²) < 4.78 is 31.5. The number of nitrogens with zero attached hydrogens (tertiary/aromatic N) is 1. The fourth-order valence-electron chi connectivity index (χ4n) is 10.0. The highest BCUT2D eigenvalue weighted by Gasteiger charge is 2.79. The van der Waals surface area contributed by atoms with Gasteiger partial charge < -0.3 is 28.8 Å². The normalized spacial score (nSPS) is 43.6. The summed E-state index contributed by atoms with van der Waals surface area (Å²) in [5, 5.41) is 11.6. The molecule has 210 valence electrons. The molecule has 6 aliphatic rings. The van der Waals surface area contributed by atoms with Crippen molar-refractivity contribution >= 4 is 5.97 Å². The summed E-state index contributed by atoms with van der Waals surface area (Å²) in [7, 11) is 5.21. The third kappa shape index (κ3) is 3.17. The Labute approximate surface area is 229 Å². The number of esters is 1. The number of carbonyl (C=O) groups excluding carboxylic acids is 1. The van der Waals surface area contributed by atoms with E-state index in [4.69, 9.17) is 23.7 Å². The number of hydrogen-bond acceptors (Lipinski definition) is 8. The number of aliphatic hydroxyl groups excluding tert-OH is 1. The van der Waals surface area contributed by atoms with Gasteiger partial charge in [0.1, 0.15) is 18.1 Å². The van der Waals surface area contributed by atoms with Crippen LogP contribution in [0.15, 0.2) is 53.5 Å². The first-order chi connectivity index (χ1) is 18.9. The lowest BCUT2D eigenvalue weighted by molar-refractivity contribution is -0.246. The largest absolute Gasteiger partial charge is 0.504 e. The van der Waals surface area contributed by atoms with Crippen molar-refractivity contribution in [2.75, 3.05) is 41.0 Å². The van der Waals surface area contributed by atoms with Crippen molar-refractivity contribution in [3.8, 4) is 0 Å². The van der Waals surface area contributed by atoms with Crippen molar-refractivity contribution in [1.29, 1.82) is 0 Å². The van der Waals surface area contributed by atoms with Crippen LogP contribution in [0, 0.1) is 34.5 Å². The number of likely N-dealkylation sites (tertiary alicyclic amines) is 1. The highest BCUT2D eigenvalue weighted by molar-refractivity contribution is 5.89. The second kappa shape index (κ2) is 9.06. The standard InChI is InChI=1S/C31H39NO7/c1-5-32-15-30(16-35-2)12-11-22(36-3)31-20-13-19-25(39-28(34)17-9-7-6-8-10-17)23(20)18(24(33)26(19)37-4)14-21(27(30)31)38-29(31)32/h6-10,14,19-23,25,27,29,33H,5,11-13,15-16H2,1-4H3/t19-,20-,21-,22+,23-,25?,27-,29?,30+,31?/m1/s1. The molecule has 8 nitrogen and oxygen atoms in total. The monoisotopic (exact) mass is 537 g/mol. The second-order valence-electron chi connectivity index (χ2n) is 12.3. The Balaban J connectivity index is 1.41. The van der Waals surface area contributed by atoms with Gasteiger partial charge in [0.2, 0.25) is 0 Å². The molecule has 8 heteroatoms. The van der Waals surface area contributed by atoms with Gasteiger partial charge in [-0.15, -0.1) is 0 Å². The Bertz CT molecular complexity index is 1210. The maximum atomic E-state index is 13.4. The summed E-state index contributed by atoms with van der Waals surface area (Å²) in [5.41, 5.74) is 0.878. The van der Waals surface area contributed by atoms with Gasteiger partial charge in [-0.25, -0.2) is 4.79 Å². The van der Waals surface area contributed by atoms with E-state index in [-0.39, 0.29) is 64.7 Å². The minimum atomic E-state index is -0.444. The molecule has 2 saturated heterocycles. The number of ether oxygens (including phenoxy) is 5. The minimum absolute atomic E-state index is 0.0208. The lowest BCUT2D eigenvalue weighted by Gasteiger charge is -2.64. The molecular weight excluding hydrogens is 498 g/mol. The SMILES string of the molecule is CCN1C[C@]2(COC)CC[C@H](OC)C34C1O[C@H](C=C1C(O)=C(OC)[C@@H]5C[C@@H]3[C@@H]1C5OC(=O)c1ccccc1)[C@@H]42. The van der Waals surface area contributed by atoms with Gasteiger partial charge in [-0.05, 0) is 49.9 Å². The van der Waals surface area contributed by atoms with Crippen LogP contribution in [0.25, 0.3) is 0 Å². The number of fused-ring (bicyclic) bond motifs is 1. The molecular formula is C31H39NO7. The van der Waals surface area contributed by atoms with Crippen LogP contribution in [0.5, 0.6) is 0 Å². The number of rotatable bonds is 7. The van der Waals surface area contributed by atoms with Gasteiger partial charge in [0.15, 0.2) is 5.76 Å². The van der Waals surface area contributed by atoms with Crippen molar-refractivity contribution in [3.05, 3.63) is 59.1 Å². The van der Waals surface area contributed by atoms with Gasteiger partial charge in [0.05, 0.1) is 37.4 Å². The lowest BCUT2D eigenvalue weighted by Crippen LogP contribution is -2.71. The summed E-state index contributed by atoms with van der Waals surface area (Å²) in [4.78, 5) is 15.9. The topological polar surface area (TPSA) is 86.7 Å². The van der Waals surface area contributed by atoms with E-state index >= 15 is 0 Å². The van der Waals surface area contributed by atoms with Crippen LogP contribution in [0.1, 0.15) is 36.5 Å². The molecule has 2 saturated carbocycles. The maximum Gasteiger partial charge on any atom is 0.338 e. The number of benzene rings is 1. The van der Waals surface area contributed by atoms with Crippen molar-refractivity contribution < 1.29 is 33.6 Å². The van der Waals surface area contributed by atoms with Gasteiger partial charge in [0, 0.05) is 49.0 Å². The van der Waals surface area contributed by atoms with Gasteiger partial charge >= 0.3 is 5.97 Å².